The minimum Gasteiger partial charge on any atom is -0.397 e. The molecule has 1 fully saturated rings. The molecule has 3 heteroatoms. The molecular weight excluding hydrogens is 258 g/mol. The fourth-order valence-electron chi connectivity index (χ4n) is 3.46. The Morgan fingerprint density at radius 3 is 2.62 bits per heavy atom. The summed E-state index contributed by atoms with van der Waals surface area (Å²) in [6.45, 7) is 4.75. The maximum Gasteiger partial charge on any atom is 0.0632 e. The minimum atomic E-state index is 0.498. The lowest BCUT2D eigenvalue weighted by Gasteiger charge is -2.40. The molecule has 0 atom stereocenters. The Hall–Kier alpha value is -1.77. The number of rotatable bonds is 2. The van der Waals surface area contributed by atoms with Gasteiger partial charge in [0, 0.05) is 36.3 Å². The molecule has 21 heavy (non-hydrogen) atoms. The second-order valence-corrected chi connectivity index (χ2v) is 7.10. The highest BCUT2D eigenvalue weighted by Gasteiger charge is 2.29. The van der Waals surface area contributed by atoms with Crippen LogP contribution in [0, 0.1) is 5.41 Å². The maximum atomic E-state index is 6.41. The van der Waals surface area contributed by atoms with Gasteiger partial charge in [-0.05, 0) is 43.2 Å². The number of hydrogen-bond donors (Lipinski definition) is 1. The van der Waals surface area contributed by atoms with Crippen molar-refractivity contribution < 1.29 is 0 Å². The zero-order valence-corrected chi connectivity index (χ0v) is 13.3. The van der Waals surface area contributed by atoms with Crippen LogP contribution in [0.1, 0.15) is 39.5 Å². The van der Waals surface area contributed by atoms with Gasteiger partial charge in [-0.25, -0.2) is 0 Å². The third kappa shape index (κ3) is 2.69. The van der Waals surface area contributed by atoms with Crippen LogP contribution in [0.5, 0.6) is 0 Å². The van der Waals surface area contributed by atoms with Gasteiger partial charge in [0.1, 0.15) is 0 Å². The molecule has 0 saturated heterocycles. The molecule has 1 heterocycles. The van der Waals surface area contributed by atoms with E-state index in [0.717, 1.165) is 22.1 Å². The molecule has 2 aromatic rings. The van der Waals surface area contributed by atoms with Crippen LogP contribution in [-0.4, -0.2) is 18.1 Å². The van der Waals surface area contributed by atoms with Crippen LogP contribution in [0.25, 0.3) is 10.8 Å². The fourth-order valence-corrected chi connectivity index (χ4v) is 3.46. The van der Waals surface area contributed by atoms with Crippen LogP contribution < -0.4 is 10.6 Å². The molecule has 0 radical (unpaired) electrons. The Labute approximate surface area is 127 Å². The van der Waals surface area contributed by atoms with Crippen LogP contribution >= 0.6 is 0 Å². The minimum absolute atomic E-state index is 0.498. The number of nitrogens with two attached hydrogens (primary N) is 1. The fraction of sp³-hybridized carbons (Fsp3) is 0.500. The van der Waals surface area contributed by atoms with Gasteiger partial charge in [0.05, 0.1) is 11.4 Å². The molecule has 3 nitrogen and oxygen atoms in total. The molecule has 1 aromatic heterocycles. The van der Waals surface area contributed by atoms with E-state index in [1.807, 2.05) is 18.5 Å². The largest absolute Gasteiger partial charge is 0.397 e. The van der Waals surface area contributed by atoms with E-state index in [4.69, 9.17) is 5.73 Å². The van der Waals surface area contributed by atoms with E-state index in [-0.39, 0.29) is 0 Å². The Kier molecular flexibility index (Phi) is 3.52. The lowest BCUT2D eigenvalue weighted by molar-refractivity contribution is 0.222. The van der Waals surface area contributed by atoms with Gasteiger partial charge in [-0.15, -0.1) is 0 Å². The first-order valence-electron chi connectivity index (χ1n) is 7.83. The number of fused-ring (bicyclic) bond motifs is 1. The highest BCUT2D eigenvalue weighted by atomic mass is 15.1. The van der Waals surface area contributed by atoms with Crippen LogP contribution in [-0.2, 0) is 0 Å². The second kappa shape index (κ2) is 5.21. The number of nitrogens with zero attached hydrogens (tertiary/aromatic N) is 2. The van der Waals surface area contributed by atoms with E-state index in [2.05, 4.69) is 42.9 Å². The highest BCUT2D eigenvalue weighted by molar-refractivity contribution is 5.98. The Balaban J connectivity index is 1.88. The first kappa shape index (κ1) is 14.2. The van der Waals surface area contributed by atoms with Crippen molar-refractivity contribution in [1.29, 1.82) is 0 Å². The summed E-state index contributed by atoms with van der Waals surface area (Å²) in [5.41, 5.74) is 8.94. The van der Waals surface area contributed by atoms with Crippen molar-refractivity contribution in [3.8, 4) is 0 Å². The highest BCUT2D eigenvalue weighted by Crippen LogP contribution is 2.39. The molecule has 1 aliphatic rings. The van der Waals surface area contributed by atoms with Crippen molar-refractivity contribution in [2.45, 2.75) is 45.6 Å². The first-order valence-corrected chi connectivity index (χ1v) is 7.83. The predicted molar refractivity (Wildman–Crippen MR) is 90.6 cm³/mol. The zero-order valence-electron chi connectivity index (χ0n) is 13.3. The molecule has 0 unspecified atom stereocenters. The zero-order chi connectivity index (χ0) is 15.0. The summed E-state index contributed by atoms with van der Waals surface area (Å²) in [6.07, 6.45) is 8.76. The summed E-state index contributed by atoms with van der Waals surface area (Å²) in [4.78, 5) is 6.54. The molecule has 0 aliphatic heterocycles. The topological polar surface area (TPSA) is 42.2 Å². The molecule has 0 spiro atoms. The average molecular weight is 283 g/mol. The van der Waals surface area contributed by atoms with Gasteiger partial charge in [0.15, 0.2) is 0 Å². The normalized spacial score (nSPS) is 18.8. The molecule has 1 saturated carbocycles. The van der Waals surface area contributed by atoms with Crippen molar-refractivity contribution in [2.24, 2.45) is 5.41 Å². The summed E-state index contributed by atoms with van der Waals surface area (Å²) in [6, 6.07) is 6.86. The molecular formula is C18H25N3. The summed E-state index contributed by atoms with van der Waals surface area (Å²) in [5.74, 6) is 0. The van der Waals surface area contributed by atoms with Crippen molar-refractivity contribution in [3.05, 3.63) is 30.6 Å². The average Bonchev–Trinajstić information content (AvgIpc) is 2.47. The van der Waals surface area contributed by atoms with Gasteiger partial charge in [-0.3, -0.25) is 4.98 Å². The van der Waals surface area contributed by atoms with Crippen molar-refractivity contribution in [1.82, 2.24) is 4.98 Å². The first-order chi connectivity index (χ1) is 9.98. The van der Waals surface area contributed by atoms with E-state index in [1.165, 1.54) is 25.7 Å². The van der Waals surface area contributed by atoms with Gasteiger partial charge in [0.25, 0.3) is 0 Å². The molecule has 2 N–H and O–H groups in total. The number of pyridine rings is 1. The maximum absolute atomic E-state index is 6.41. The summed E-state index contributed by atoms with van der Waals surface area (Å²) >= 11 is 0. The lowest BCUT2D eigenvalue weighted by atomic mass is 9.75. The monoisotopic (exact) mass is 283 g/mol. The van der Waals surface area contributed by atoms with Crippen LogP contribution in [0.15, 0.2) is 30.6 Å². The summed E-state index contributed by atoms with van der Waals surface area (Å²) in [5, 5.41) is 2.21. The van der Waals surface area contributed by atoms with Crippen LogP contribution in [0.4, 0.5) is 11.4 Å². The van der Waals surface area contributed by atoms with Crippen LogP contribution in [0.3, 0.4) is 0 Å². The molecule has 1 aromatic carbocycles. The van der Waals surface area contributed by atoms with E-state index < -0.39 is 0 Å². The summed E-state index contributed by atoms with van der Waals surface area (Å²) < 4.78 is 0. The number of hydrogen-bond acceptors (Lipinski definition) is 3. The molecule has 3 rings (SSSR count). The lowest BCUT2D eigenvalue weighted by Crippen LogP contribution is -2.37. The Morgan fingerprint density at radius 1 is 1.19 bits per heavy atom. The van der Waals surface area contributed by atoms with Crippen molar-refractivity contribution in [3.63, 3.8) is 0 Å². The quantitative estimate of drug-likeness (QED) is 0.839. The van der Waals surface area contributed by atoms with Gasteiger partial charge < -0.3 is 10.6 Å². The third-order valence-corrected chi connectivity index (χ3v) is 5.08. The van der Waals surface area contributed by atoms with Gasteiger partial charge in [-0.2, -0.15) is 0 Å². The Morgan fingerprint density at radius 2 is 1.90 bits per heavy atom. The van der Waals surface area contributed by atoms with Gasteiger partial charge >= 0.3 is 0 Å². The third-order valence-electron chi connectivity index (χ3n) is 5.08. The van der Waals surface area contributed by atoms with Crippen molar-refractivity contribution in [2.75, 3.05) is 17.7 Å². The van der Waals surface area contributed by atoms with Crippen LogP contribution in [0.2, 0.25) is 0 Å². The molecule has 0 bridgehead atoms. The Bertz CT molecular complexity index is 638. The predicted octanol–water partition coefficient (Wildman–Crippen LogP) is 4.22. The van der Waals surface area contributed by atoms with E-state index >= 15 is 0 Å². The van der Waals surface area contributed by atoms with E-state index in [1.54, 1.807) is 0 Å². The second-order valence-electron chi connectivity index (χ2n) is 7.10. The van der Waals surface area contributed by atoms with Crippen molar-refractivity contribution >= 4 is 22.1 Å². The number of benzene rings is 1. The number of anilines is 2. The van der Waals surface area contributed by atoms with Gasteiger partial charge in [0.2, 0.25) is 0 Å². The molecule has 0 amide bonds. The van der Waals surface area contributed by atoms with E-state index in [0.29, 0.717) is 11.5 Å². The summed E-state index contributed by atoms with van der Waals surface area (Å²) in [7, 11) is 2.18. The SMILES string of the molecule is CN(c1ccc2cnccc2c1N)C1CCC(C)(C)CC1. The number of aromatic nitrogens is 1. The molecule has 112 valence electrons. The van der Waals surface area contributed by atoms with E-state index in [9.17, 15) is 0 Å². The molecule has 1 aliphatic carbocycles. The number of nitrogen functional groups attached to an aromatic ring is 1. The van der Waals surface area contributed by atoms with Gasteiger partial charge in [-0.1, -0.05) is 19.9 Å². The standard InChI is InChI=1S/C18H25N3/c1-18(2)9-6-14(7-10-18)21(3)16-5-4-13-12-20-11-8-15(13)17(16)19/h4-5,8,11-12,14H,6-7,9-10,19H2,1-3H3. The smallest absolute Gasteiger partial charge is 0.0632 e.